The molecule has 35 heavy (non-hydrogen) atoms. The minimum Gasteiger partial charge on any atom is -0.455 e. The van der Waals surface area contributed by atoms with E-state index in [4.69, 9.17) is 4.42 Å². The van der Waals surface area contributed by atoms with Crippen molar-refractivity contribution in [2.45, 2.75) is 6.54 Å². The van der Waals surface area contributed by atoms with Crippen molar-refractivity contribution < 1.29 is 14.1 Å². The molecular formula is C26H18N4O5. The highest BCUT2D eigenvalue weighted by molar-refractivity contribution is 5.95. The van der Waals surface area contributed by atoms with Crippen LogP contribution in [-0.2, 0) is 11.3 Å². The van der Waals surface area contributed by atoms with E-state index in [0.29, 0.717) is 38.9 Å². The van der Waals surface area contributed by atoms with Crippen LogP contribution in [0.3, 0.4) is 0 Å². The van der Waals surface area contributed by atoms with Crippen LogP contribution in [0.2, 0.25) is 0 Å². The molecule has 0 saturated carbocycles. The van der Waals surface area contributed by atoms with Crippen LogP contribution in [-0.4, -0.2) is 21.6 Å². The summed E-state index contributed by atoms with van der Waals surface area (Å²) in [4.78, 5) is 36.0. The highest BCUT2D eigenvalue weighted by Gasteiger charge is 2.13. The summed E-state index contributed by atoms with van der Waals surface area (Å²) < 4.78 is 7.45. The zero-order valence-corrected chi connectivity index (χ0v) is 18.3. The zero-order chi connectivity index (χ0) is 24.4. The lowest BCUT2D eigenvalue weighted by atomic mass is 10.1. The number of carbonyl (C=O) groups excluding carboxylic acids is 1. The van der Waals surface area contributed by atoms with Crippen molar-refractivity contribution in [2.75, 3.05) is 0 Å². The van der Waals surface area contributed by atoms with Gasteiger partial charge >= 0.3 is 0 Å². The van der Waals surface area contributed by atoms with Crippen LogP contribution in [0.15, 0.2) is 99.2 Å². The molecule has 1 amide bonds. The van der Waals surface area contributed by atoms with Crippen molar-refractivity contribution in [3.8, 4) is 11.3 Å². The Morgan fingerprint density at radius 1 is 0.971 bits per heavy atom. The number of para-hydroxylation sites is 2. The lowest BCUT2D eigenvalue weighted by molar-refractivity contribution is -0.384. The lowest BCUT2D eigenvalue weighted by Crippen LogP contribution is -2.25. The Morgan fingerprint density at radius 2 is 1.66 bits per heavy atom. The van der Waals surface area contributed by atoms with Gasteiger partial charge in [-0.05, 0) is 36.4 Å². The van der Waals surface area contributed by atoms with E-state index in [1.165, 1.54) is 18.3 Å². The monoisotopic (exact) mass is 466 g/mol. The molecule has 9 heteroatoms. The van der Waals surface area contributed by atoms with E-state index in [9.17, 15) is 19.7 Å². The lowest BCUT2D eigenvalue weighted by Gasteiger charge is -2.14. The number of furan rings is 1. The SMILES string of the molecule is O=C(Cn1c2ccccc2c(=O)c2ccccc21)N/N=C/c1ccc(-c2cccc([N+](=O)[O-])c2)o1. The molecule has 0 aliphatic carbocycles. The highest BCUT2D eigenvalue weighted by Crippen LogP contribution is 2.25. The first kappa shape index (κ1) is 21.8. The number of pyridine rings is 1. The molecule has 0 aliphatic heterocycles. The second-order valence-corrected chi connectivity index (χ2v) is 7.75. The number of rotatable bonds is 6. The Balaban J connectivity index is 1.35. The molecule has 3 aromatic carbocycles. The van der Waals surface area contributed by atoms with Gasteiger partial charge < -0.3 is 8.98 Å². The third kappa shape index (κ3) is 4.30. The van der Waals surface area contributed by atoms with E-state index < -0.39 is 4.92 Å². The van der Waals surface area contributed by atoms with Gasteiger partial charge in [0, 0.05) is 28.5 Å². The number of fused-ring (bicyclic) bond motifs is 2. The van der Waals surface area contributed by atoms with Gasteiger partial charge in [0.1, 0.15) is 18.1 Å². The van der Waals surface area contributed by atoms with Crippen LogP contribution >= 0.6 is 0 Å². The minimum absolute atomic E-state index is 0.0380. The maximum atomic E-state index is 12.8. The molecule has 0 radical (unpaired) electrons. The topological polar surface area (TPSA) is 120 Å². The number of hydrogen-bond acceptors (Lipinski definition) is 6. The van der Waals surface area contributed by atoms with Gasteiger partial charge in [0.05, 0.1) is 22.2 Å². The van der Waals surface area contributed by atoms with E-state index in [-0.39, 0.29) is 23.6 Å². The Labute approximate surface area is 198 Å². The molecule has 172 valence electrons. The summed E-state index contributed by atoms with van der Waals surface area (Å²) in [6.45, 7) is -0.0459. The van der Waals surface area contributed by atoms with Crippen LogP contribution < -0.4 is 10.9 Å². The smallest absolute Gasteiger partial charge is 0.270 e. The number of carbonyl (C=O) groups is 1. The number of hydrogen-bond donors (Lipinski definition) is 1. The summed E-state index contributed by atoms with van der Waals surface area (Å²) in [5.74, 6) is 0.421. The number of aromatic nitrogens is 1. The largest absolute Gasteiger partial charge is 0.455 e. The second kappa shape index (κ2) is 9.06. The molecule has 2 aromatic heterocycles. The summed E-state index contributed by atoms with van der Waals surface area (Å²) in [5, 5.41) is 16.0. The molecule has 0 saturated heterocycles. The van der Waals surface area contributed by atoms with E-state index in [0.717, 1.165) is 0 Å². The fourth-order valence-corrected chi connectivity index (χ4v) is 3.94. The van der Waals surface area contributed by atoms with Gasteiger partial charge in [-0.15, -0.1) is 0 Å². The van der Waals surface area contributed by atoms with Crippen molar-refractivity contribution in [1.82, 2.24) is 9.99 Å². The number of benzene rings is 3. The number of nitrogens with zero attached hydrogens (tertiary/aromatic N) is 3. The predicted molar refractivity (Wildman–Crippen MR) is 132 cm³/mol. The van der Waals surface area contributed by atoms with Crippen LogP contribution in [0.25, 0.3) is 33.1 Å². The molecule has 0 fully saturated rings. The molecule has 2 heterocycles. The van der Waals surface area contributed by atoms with Crippen molar-refractivity contribution in [2.24, 2.45) is 5.10 Å². The quantitative estimate of drug-likeness (QED) is 0.171. The van der Waals surface area contributed by atoms with Crippen molar-refractivity contribution in [3.05, 3.63) is 111 Å². The second-order valence-electron chi connectivity index (χ2n) is 7.75. The average Bonchev–Trinajstić information content (AvgIpc) is 3.35. The van der Waals surface area contributed by atoms with Gasteiger partial charge in [-0.3, -0.25) is 19.7 Å². The Morgan fingerprint density at radius 3 is 2.34 bits per heavy atom. The fraction of sp³-hybridized carbons (Fsp3) is 0.0385. The molecule has 5 aromatic rings. The molecule has 5 rings (SSSR count). The first-order valence-electron chi connectivity index (χ1n) is 10.7. The summed E-state index contributed by atoms with van der Waals surface area (Å²) in [7, 11) is 0. The van der Waals surface area contributed by atoms with Crippen LogP contribution in [0.1, 0.15) is 5.76 Å². The number of amides is 1. The number of nitrogens with one attached hydrogen (secondary N) is 1. The van der Waals surface area contributed by atoms with Gasteiger partial charge in [-0.25, -0.2) is 5.43 Å². The van der Waals surface area contributed by atoms with E-state index in [1.54, 1.807) is 65.2 Å². The predicted octanol–water partition coefficient (Wildman–Crippen LogP) is 4.47. The Hall–Kier alpha value is -5.05. The molecule has 1 N–H and O–H groups in total. The van der Waals surface area contributed by atoms with Crippen LogP contribution in [0.5, 0.6) is 0 Å². The van der Waals surface area contributed by atoms with Gasteiger partial charge in [0.2, 0.25) is 0 Å². The number of nitro benzene ring substituents is 1. The van der Waals surface area contributed by atoms with Crippen molar-refractivity contribution in [1.29, 1.82) is 0 Å². The summed E-state index contributed by atoms with van der Waals surface area (Å²) in [5.41, 5.74) is 4.23. The first-order chi connectivity index (χ1) is 17.0. The number of non-ortho nitro benzene ring substituents is 1. The molecule has 0 spiro atoms. The third-order valence-corrected chi connectivity index (χ3v) is 5.53. The third-order valence-electron chi connectivity index (χ3n) is 5.53. The molecule has 0 aliphatic rings. The van der Waals surface area contributed by atoms with E-state index >= 15 is 0 Å². The van der Waals surface area contributed by atoms with Crippen LogP contribution in [0.4, 0.5) is 5.69 Å². The van der Waals surface area contributed by atoms with Gasteiger partial charge in [0.15, 0.2) is 5.43 Å². The van der Waals surface area contributed by atoms with Gasteiger partial charge in [0.25, 0.3) is 11.6 Å². The normalized spacial score (nSPS) is 11.3. The maximum absolute atomic E-state index is 12.8. The molecule has 0 bridgehead atoms. The summed E-state index contributed by atoms with van der Waals surface area (Å²) >= 11 is 0. The van der Waals surface area contributed by atoms with Gasteiger partial charge in [-0.1, -0.05) is 36.4 Å². The van der Waals surface area contributed by atoms with E-state index in [2.05, 4.69) is 10.5 Å². The Bertz CT molecular complexity index is 1620. The first-order valence-corrected chi connectivity index (χ1v) is 10.7. The number of nitro groups is 1. The average molecular weight is 466 g/mol. The van der Waals surface area contributed by atoms with Crippen LogP contribution in [0, 0.1) is 10.1 Å². The fourth-order valence-electron chi connectivity index (χ4n) is 3.94. The maximum Gasteiger partial charge on any atom is 0.270 e. The summed E-state index contributed by atoms with van der Waals surface area (Å²) in [6, 6.07) is 23.7. The highest BCUT2D eigenvalue weighted by atomic mass is 16.6. The van der Waals surface area contributed by atoms with Gasteiger partial charge in [-0.2, -0.15) is 5.10 Å². The molecular weight excluding hydrogens is 448 g/mol. The van der Waals surface area contributed by atoms with Crippen molar-refractivity contribution >= 4 is 39.6 Å². The standard InChI is InChI=1S/C26H18N4O5/c31-25(16-29-22-10-3-1-8-20(22)26(32)21-9-2-4-11-23(21)29)28-27-15-19-12-13-24(35-19)17-6-5-7-18(14-17)30(33)34/h1-15H,16H2,(H,28,31)/b27-15+. The summed E-state index contributed by atoms with van der Waals surface area (Å²) in [6.07, 6.45) is 1.35. The Kier molecular flexibility index (Phi) is 5.64. The van der Waals surface area contributed by atoms with Crippen molar-refractivity contribution in [3.63, 3.8) is 0 Å². The molecule has 0 atom stereocenters. The zero-order valence-electron chi connectivity index (χ0n) is 18.3. The molecule has 9 nitrogen and oxygen atoms in total. The number of hydrazone groups is 1. The molecule has 0 unspecified atom stereocenters. The minimum atomic E-state index is -0.473. The van der Waals surface area contributed by atoms with E-state index in [1.807, 2.05) is 12.1 Å².